The number of morpholine rings is 1. The van der Waals surface area contributed by atoms with Crippen molar-refractivity contribution in [3.8, 4) is 0 Å². The molecule has 7 heteroatoms. The molecule has 4 rings (SSSR count). The second-order valence-corrected chi connectivity index (χ2v) is 7.64. The maximum Gasteiger partial charge on any atom is 0.254 e. The molecule has 0 unspecified atom stereocenters. The zero-order chi connectivity index (χ0) is 20.1. The lowest BCUT2D eigenvalue weighted by Crippen LogP contribution is -2.55. The fourth-order valence-electron chi connectivity index (χ4n) is 4.19. The van der Waals surface area contributed by atoms with Crippen LogP contribution in [-0.2, 0) is 20.9 Å². The molecular weight excluding hydrogens is 368 g/mol. The molecule has 2 aliphatic rings. The number of carbonyl (C=O) groups excluding carboxylic acids is 2. The molecule has 2 fully saturated rings. The topological polar surface area (TPSA) is 84.4 Å². The highest BCUT2D eigenvalue weighted by molar-refractivity contribution is 5.86. The Morgan fingerprint density at radius 3 is 2.72 bits per heavy atom. The zero-order valence-electron chi connectivity index (χ0n) is 16.4. The lowest BCUT2D eigenvalue weighted by molar-refractivity contribution is -0.158. The van der Waals surface area contributed by atoms with Gasteiger partial charge in [-0.2, -0.15) is 0 Å². The van der Waals surface area contributed by atoms with Crippen molar-refractivity contribution >= 4 is 11.8 Å². The Morgan fingerprint density at radius 2 is 2.00 bits per heavy atom. The van der Waals surface area contributed by atoms with Gasteiger partial charge in [-0.1, -0.05) is 31.4 Å². The zero-order valence-corrected chi connectivity index (χ0v) is 16.4. The number of carbonyl (C=O) groups is 2. The fraction of sp³-hybridized carbons (Fsp3) is 0.455. The van der Waals surface area contributed by atoms with E-state index < -0.39 is 12.1 Å². The van der Waals surface area contributed by atoms with Gasteiger partial charge in [-0.3, -0.25) is 19.6 Å². The Bertz CT molecular complexity index is 824. The van der Waals surface area contributed by atoms with E-state index in [-0.39, 0.29) is 24.5 Å². The van der Waals surface area contributed by atoms with Crippen molar-refractivity contribution in [2.75, 3.05) is 6.61 Å². The number of ether oxygens (including phenoxy) is 1. The third-order valence-electron chi connectivity index (χ3n) is 5.66. The summed E-state index contributed by atoms with van der Waals surface area (Å²) in [6.07, 6.45) is 9.71. The molecular formula is C22H26N4O3. The lowest BCUT2D eigenvalue weighted by Gasteiger charge is -2.39. The van der Waals surface area contributed by atoms with Gasteiger partial charge >= 0.3 is 0 Å². The molecule has 7 nitrogen and oxygen atoms in total. The van der Waals surface area contributed by atoms with Crippen LogP contribution in [0.15, 0.2) is 48.9 Å². The van der Waals surface area contributed by atoms with E-state index in [2.05, 4.69) is 15.3 Å². The van der Waals surface area contributed by atoms with Gasteiger partial charge in [-0.15, -0.1) is 0 Å². The third-order valence-corrected chi connectivity index (χ3v) is 5.66. The van der Waals surface area contributed by atoms with E-state index in [1.54, 1.807) is 24.7 Å². The van der Waals surface area contributed by atoms with Crippen molar-refractivity contribution in [3.63, 3.8) is 0 Å². The molecule has 0 spiro atoms. The number of pyridine rings is 2. The van der Waals surface area contributed by atoms with Crippen LogP contribution < -0.4 is 5.32 Å². The summed E-state index contributed by atoms with van der Waals surface area (Å²) in [5.74, 6) is -0.326. The number of nitrogens with zero attached hydrogens (tertiary/aromatic N) is 3. The average Bonchev–Trinajstić information content (AvgIpc) is 2.79. The smallest absolute Gasteiger partial charge is 0.254 e. The average molecular weight is 394 g/mol. The van der Waals surface area contributed by atoms with Crippen LogP contribution in [0, 0.1) is 0 Å². The molecule has 29 heavy (non-hydrogen) atoms. The van der Waals surface area contributed by atoms with Crippen LogP contribution in [0.3, 0.4) is 0 Å². The highest BCUT2D eigenvalue weighted by atomic mass is 16.5. The SMILES string of the molecule is O=C1CO[C@H](C(=O)N(Cc2ccccn2)C2CCCCC2)[C@@H](c2cccnc2)N1. The van der Waals surface area contributed by atoms with Crippen molar-refractivity contribution in [3.05, 3.63) is 60.2 Å². The first-order valence-electron chi connectivity index (χ1n) is 10.2. The number of hydrogen-bond donors (Lipinski definition) is 1. The third kappa shape index (κ3) is 4.62. The molecule has 2 aromatic heterocycles. The van der Waals surface area contributed by atoms with Crippen LogP contribution in [0.2, 0.25) is 0 Å². The predicted octanol–water partition coefficient (Wildman–Crippen LogP) is 2.39. The number of hydrogen-bond acceptors (Lipinski definition) is 5. The molecule has 1 saturated carbocycles. The first kappa shape index (κ1) is 19.5. The van der Waals surface area contributed by atoms with E-state index >= 15 is 0 Å². The molecule has 2 amide bonds. The van der Waals surface area contributed by atoms with Crippen molar-refractivity contribution in [2.45, 2.75) is 56.8 Å². The summed E-state index contributed by atoms with van der Waals surface area (Å²) in [4.78, 5) is 36.1. The van der Waals surface area contributed by atoms with E-state index in [1.165, 1.54) is 6.42 Å². The van der Waals surface area contributed by atoms with E-state index in [9.17, 15) is 9.59 Å². The van der Waals surface area contributed by atoms with Gasteiger partial charge < -0.3 is 15.0 Å². The van der Waals surface area contributed by atoms with Crippen molar-refractivity contribution in [1.82, 2.24) is 20.2 Å². The van der Waals surface area contributed by atoms with Gasteiger partial charge in [0.25, 0.3) is 5.91 Å². The monoisotopic (exact) mass is 394 g/mol. The molecule has 0 radical (unpaired) electrons. The highest BCUT2D eigenvalue weighted by Crippen LogP contribution is 2.29. The molecule has 1 aliphatic heterocycles. The fourth-order valence-corrected chi connectivity index (χ4v) is 4.19. The summed E-state index contributed by atoms with van der Waals surface area (Å²) in [6, 6.07) is 9.00. The molecule has 0 aromatic carbocycles. The summed E-state index contributed by atoms with van der Waals surface area (Å²) in [6.45, 7) is 0.327. The van der Waals surface area contributed by atoms with Gasteiger partial charge in [0, 0.05) is 24.6 Å². The molecule has 1 N–H and O–H groups in total. The van der Waals surface area contributed by atoms with Crippen molar-refractivity contribution < 1.29 is 14.3 Å². The minimum absolute atomic E-state index is 0.101. The second kappa shape index (κ2) is 9.13. The normalized spacial score (nSPS) is 22.7. The number of amides is 2. The summed E-state index contributed by atoms with van der Waals surface area (Å²) >= 11 is 0. The summed E-state index contributed by atoms with van der Waals surface area (Å²) in [5.41, 5.74) is 1.62. The van der Waals surface area contributed by atoms with Gasteiger partial charge in [-0.25, -0.2) is 0 Å². The Labute approximate surface area is 170 Å². The number of nitrogens with one attached hydrogen (secondary N) is 1. The van der Waals surface area contributed by atoms with E-state index in [0.29, 0.717) is 6.54 Å². The van der Waals surface area contributed by atoms with Gasteiger partial charge in [0.15, 0.2) is 6.10 Å². The maximum absolute atomic E-state index is 13.7. The molecule has 152 valence electrons. The minimum Gasteiger partial charge on any atom is -0.356 e. The Hall–Kier alpha value is -2.80. The van der Waals surface area contributed by atoms with Gasteiger partial charge in [-0.05, 0) is 36.6 Å². The summed E-state index contributed by atoms with van der Waals surface area (Å²) < 4.78 is 5.78. The van der Waals surface area contributed by atoms with Crippen molar-refractivity contribution in [1.29, 1.82) is 0 Å². The van der Waals surface area contributed by atoms with E-state index in [4.69, 9.17) is 4.74 Å². The largest absolute Gasteiger partial charge is 0.356 e. The Kier molecular flexibility index (Phi) is 6.14. The van der Waals surface area contributed by atoms with Gasteiger partial charge in [0.2, 0.25) is 5.91 Å². The first-order valence-corrected chi connectivity index (χ1v) is 10.2. The van der Waals surface area contributed by atoms with Crippen LogP contribution in [0.4, 0.5) is 0 Å². The maximum atomic E-state index is 13.7. The van der Waals surface area contributed by atoms with Crippen molar-refractivity contribution in [2.24, 2.45) is 0 Å². The highest BCUT2D eigenvalue weighted by Gasteiger charge is 2.40. The standard InChI is InChI=1S/C22H26N4O3/c27-19-15-29-21(20(25-19)16-7-6-11-23-13-16)22(28)26(18-9-2-1-3-10-18)14-17-8-4-5-12-24-17/h4-8,11-13,18,20-21H,1-3,9-10,14-15H2,(H,25,27)/t20-,21+/m1/s1. The second-order valence-electron chi connectivity index (χ2n) is 7.64. The molecule has 2 aromatic rings. The van der Waals surface area contributed by atoms with Gasteiger partial charge in [0.1, 0.15) is 6.61 Å². The number of rotatable bonds is 5. The summed E-state index contributed by atoms with van der Waals surface area (Å²) in [7, 11) is 0. The summed E-state index contributed by atoms with van der Waals surface area (Å²) in [5, 5.41) is 2.92. The molecule has 3 heterocycles. The number of aromatic nitrogens is 2. The van der Waals surface area contributed by atoms with Crippen LogP contribution in [-0.4, -0.2) is 45.4 Å². The van der Waals surface area contributed by atoms with E-state index in [1.807, 2.05) is 29.2 Å². The molecule has 2 atom stereocenters. The van der Waals surface area contributed by atoms with Crippen LogP contribution in [0.25, 0.3) is 0 Å². The molecule has 1 aliphatic carbocycles. The quantitative estimate of drug-likeness (QED) is 0.842. The predicted molar refractivity (Wildman–Crippen MR) is 107 cm³/mol. The molecule has 0 bridgehead atoms. The minimum atomic E-state index is -0.775. The van der Waals surface area contributed by atoms with Crippen LogP contribution in [0.1, 0.15) is 49.4 Å². The Morgan fingerprint density at radius 1 is 1.14 bits per heavy atom. The lowest BCUT2D eigenvalue weighted by atomic mass is 9.92. The van der Waals surface area contributed by atoms with Gasteiger partial charge in [0.05, 0.1) is 18.3 Å². The van der Waals surface area contributed by atoms with Crippen LogP contribution >= 0.6 is 0 Å². The van der Waals surface area contributed by atoms with Crippen LogP contribution in [0.5, 0.6) is 0 Å². The first-order chi connectivity index (χ1) is 14.2. The Balaban J connectivity index is 1.61. The molecule has 1 saturated heterocycles. The van der Waals surface area contributed by atoms with E-state index in [0.717, 1.165) is 36.9 Å².